The number of hydrogen-bond acceptors (Lipinski definition) is 4. The Bertz CT molecular complexity index is 259. The normalized spacial score (nSPS) is 10.6. The van der Waals surface area contributed by atoms with Gasteiger partial charge in [-0.05, 0) is 19.3 Å². The molecule has 0 amide bonds. The number of esters is 2. The maximum absolute atomic E-state index is 11.3. The zero-order valence-electron chi connectivity index (χ0n) is 11.4. The number of carbonyl (C=O) groups is 2. The van der Waals surface area contributed by atoms with E-state index < -0.39 is 0 Å². The molecule has 0 aromatic rings. The van der Waals surface area contributed by atoms with Crippen LogP contribution in [0.5, 0.6) is 0 Å². The molecule has 0 spiro atoms. The third-order valence-electron chi connectivity index (χ3n) is 2.24. The van der Waals surface area contributed by atoms with Crippen LogP contribution in [0.4, 0.5) is 0 Å². The van der Waals surface area contributed by atoms with Gasteiger partial charge in [0, 0.05) is 0 Å². The molecular weight excluding hydrogens is 232 g/mol. The standard InChI is InChI=1S/C14H24O4/c1-3-5-7-8-12-18-14(16)10-9-13(15)17-11-6-4-2/h5,7H,3-4,6,8-12H2,1-2H3/b7-5+. The number of allylic oxidation sites excluding steroid dienone is 1. The van der Waals surface area contributed by atoms with Crippen LogP contribution in [0.25, 0.3) is 0 Å². The van der Waals surface area contributed by atoms with Crippen molar-refractivity contribution in [3.05, 3.63) is 12.2 Å². The monoisotopic (exact) mass is 256 g/mol. The lowest BCUT2D eigenvalue weighted by Gasteiger charge is -2.04. The molecule has 0 aromatic heterocycles. The molecular formula is C14H24O4. The number of ether oxygens (including phenoxy) is 2. The molecule has 0 saturated carbocycles. The van der Waals surface area contributed by atoms with Gasteiger partial charge >= 0.3 is 11.9 Å². The predicted octanol–water partition coefficient (Wildman–Crippen LogP) is 3.01. The van der Waals surface area contributed by atoms with E-state index in [1.165, 1.54) is 0 Å². The van der Waals surface area contributed by atoms with E-state index in [2.05, 4.69) is 0 Å². The first-order chi connectivity index (χ1) is 8.70. The van der Waals surface area contributed by atoms with Gasteiger partial charge in [0.1, 0.15) is 0 Å². The molecule has 0 atom stereocenters. The van der Waals surface area contributed by atoms with Crippen molar-refractivity contribution in [1.29, 1.82) is 0 Å². The van der Waals surface area contributed by atoms with Crippen LogP contribution >= 0.6 is 0 Å². The van der Waals surface area contributed by atoms with Crippen LogP contribution in [0, 0.1) is 0 Å². The molecule has 0 aromatic carbocycles. The summed E-state index contributed by atoms with van der Waals surface area (Å²) >= 11 is 0. The van der Waals surface area contributed by atoms with Gasteiger partial charge in [0.05, 0.1) is 26.1 Å². The molecule has 0 bridgehead atoms. The van der Waals surface area contributed by atoms with Crippen LogP contribution in [-0.4, -0.2) is 25.2 Å². The van der Waals surface area contributed by atoms with Crippen LogP contribution in [0.15, 0.2) is 12.2 Å². The van der Waals surface area contributed by atoms with Crippen molar-refractivity contribution in [2.24, 2.45) is 0 Å². The van der Waals surface area contributed by atoms with Gasteiger partial charge in [-0.15, -0.1) is 0 Å². The highest BCUT2D eigenvalue weighted by Gasteiger charge is 2.08. The van der Waals surface area contributed by atoms with Crippen molar-refractivity contribution >= 4 is 11.9 Å². The van der Waals surface area contributed by atoms with Gasteiger partial charge in [0.25, 0.3) is 0 Å². The fraction of sp³-hybridized carbons (Fsp3) is 0.714. The van der Waals surface area contributed by atoms with Crippen LogP contribution in [0.1, 0.15) is 52.4 Å². The first-order valence-corrected chi connectivity index (χ1v) is 6.66. The second-order valence-electron chi connectivity index (χ2n) is 3.96. The van der Waals surface area contributed by atoms with Crippen LogP contribution in [-0.2, 0) is 19.1 Å². The molecule has 0 aliphatic carbocycles. The summed E-state index contributed by atoms with van der Waals surface area (Å²) in [5, 5.41) is 0. The number of hydrogen-bond donors (Lipinski definition) is 0. The Morgan fingerprint density at radius 2 is 1.56 bits per heavy atom. The van der Waals surface area contributed by atoms with Gasteiger partial charge in [0.2, 0.25) is 0 Å². The lowest BCUT2D eigenvalue weighted by atomic mass is 10.3. The lowest BCUT2D eigenvalue weighted by Crippen LogP contribution is -2.11. The van der Waals surface area contributed by atoms with E-state index in [0.29, 0.717) is 13.2 Å². The van der Waals surface area contributed by atoms with Crippen LogP contribution in [0.2, 0.25) is 0 Å². The average Bonchev–Trinajstić information content (AvgIpc) is 2.36. The minimum Gasteiger partial charge on any atom is -0.466 e. The third kappa shape index (κ3) is 11.2. The van der Waals surface area contributed by atoms with Gasteiger partial charge < -0.3 is 9.47 Å². The second kappa shape index (κ2) is 12.1. The van der Waals surface area contributed by atoms with Crippen molar-refractivity contribution in [2.45, 2.75) is 52.4 Å². The van der Waals surface area contributed by atoms with Gasteiger partial charge in [-0.3, -0.25) is 9.59 Å². The highest BCUT2D eigenvalue weighted by atomic mass is 16.5. The summed E-state index contributed by atoms with van der Waals surface area (Å²) in [5.41, 5.74) is 0. The molecule has 4 nitrogen and oxygen atoms in total. The highest BCUT2D eigenvalue weighted by Crippen LogP contribution is 1.98. The third-order valence-corrected chi connectivity index (χ3v) is 2.24. The van der Waals surface area contributed by atoms with Crippen LogP contribution in [0.3, 0.4) is 0 Å². The number of carbonyl (C=O) groups excluding carboxylic acids is 2. The van der Waals surface area contributed by atoms with E-state index in [1.54, 1.807) is 0 Å². The summed E-state index contributed by atoms with van der Waals surface area (Å²) in [7, 11) is 0. The summed E-state index contributed by atoms with van der Waals surface area (Å²) in [6, 6.07) is 0. The van der Waals surface area contributed by atoms with Gasteiger partial charge in [-0.25, -0.2) is 0 Å². The Labute approximate surface area is 109 Å². The molecule has 0 radical (unpaired) electrons. The molecule has 0 fully saturated rings. The Balaban J connectivity index is 3.46. The van der Waals surface area contributed by atoms with Crippen molar-refractivity contribution in [3.8, 4) is 0 Å². The SMILES string of the molecule is CC/C=C/CCOC(=O)CCC(=O)OCCCC. The summed E-state index contributed by atoms with van der Waals surface area (Å²) < 4.78 is 9.90. The van der Waals surface area contributed by atoms with E-state index in [1.807, 2.05) is 26.0 Å². The Morgan fingerprint density at radius 1 is 0.944 bits per heavy atom. The Hall–Kier alpha value is -1.32. The average molecular weight is 256 g/mol. The second-order valence-corrected chi connectivity index (χ2v) is 3.96. The van der Waals surface area contributed by atoms with Crippen molar-refractivity contribution in [3.63, 3.8) is 0 Å². The quantitative estimate of drug-likeness (QED) is 0.342. The minimum absolute atomic E-state index is 0.0997. The summed E-state index contributed by atoms with van der Waals surface area (Å²) in [6.45, 7) is 4.89. The zero-order valence-corrected chi connectivity index (χ0v) is 11.4. The van der Waals surface area contributed by atoms with Gasteiger partial charge in [0.15, 0.2) is 0 Å². The highest BCUT2D eigenvalue weighted by molar-refractivity contribution is 5.77. The summed E-state index contributed by atoms with van der Waals surface area (Å²) in [6.07, 6.45) is 7.76. The van der Waals surface area contributed by atoms with Crippen molar-refractivity contribution in [2.75, 3.05) is 13.2 Å². The largest absolute Gasteiger partial charge is 0.466 e. The molecule has 0 heterocycles. The molecule has 0 unspecified atom stereocenters. The molecule has 104 valence electrons. The predicted molar refractivity (Wildman–Crippen MR) is 70.1 cm³/mol. The van der Waals surface area contributed by atoms with Gasteiger partial charge in [-0.2, -0.15) is 0 Å². The lowest BCUT2D eigenvalue weighted by molar-refractivity contribution is -0.150. The molecule has 0 saturated heterocycles. The van der Waals surface area contributed by atoms with E-state index >= 15 is 0 Å². The van der Waals surface area contributed by atoms with Crippen LogP contribution < -0.4 is 0 Å². The molecule has 0 N–H and O–H groups in total. The fourth-order valence-electron chi connectivity index (χ4n) is 1.20. The topological polar surface area (TPSA) is 52.6 Å². The molecule has 0 rings (SSSR count). The Kier molecular flexibility index (Phi) is 11.3. The van der Waals surface area contributed by atoms with E-state index in [9.17, 15) is 9.59 Å². The fourth-order valence-corrected chi connectivity index (χ4v) is 1.20. The van der Waals surface area contributed by atoms with E-state index in [-0.39, 0.29) is 24.8 Å². The first-order valence-electron chi connectivity index (χ1n) is 6.66. The molecule has 0 aliphatic rings. The maximum atomic E-state index is 11.3. The van der Waals surface area contributed by atoms with Crippen molar-refractivity contribution < 1.29 is 19.1 Å². The molecule has 0 aliphatic heterocycles. The number of unbranched alkanes of at least 4 members (excludes halogenated alkanes) is 1. The Morgan fingerprint density at radius 3 is 2.11 bits per heavy atom. The first kappa shape index (κ1) is 16.7. The van der Waals surface area contributed by atoms with Crippen molar-refractivity contribution in [1.82, 2.24) is 0 Å². The van der Waals surface area contributed by atoms with Gasteiger partial charge in [-0.1, -0.05) is 32.4 Å². The smallest absolute Gasteiger partial charge is 0.306 e. The molecule has 4 heteroatoms. The maximum Gasteiger partial charge on any atom is 0.306 e. The van der Waals surface area contributed by atoms with E-state index in [4.69, 9.17) is 9.47 Å². The minimum atomic E-state index is -0.340. The summed E-state index contributed by atoms with van der Waals surface area (Å²) in [5.74, 6) is -0.668. The zero-order chi connectivity index (χ0) is 13.6. The number of rotatable bonds is 10. The molecule has 18 heavy (non-hydrogen) atoms. The van der Waals surface area contributed by atoms with E-state index in [0.717, 1.165) is 25.7 Å². The summed E-state index contributed by atoms with van der Waals surface area (Å²) in [4.78, 5) is 22.5.